The Morgan fingerprint density at radius 1 is 1.27 bits per heavy atom. The van der Waals surface area contributed by atoms with Crippen LogP contribution in [0.2, 0.25) is 0 Å². The molecule has 1 aromatic carbocycles. The molecular weight excluding hydrogens is 190 g/mol. The van der Waals surface area contributed by atoms with Gasteiger partial charge in [-0.25, -0.2) is 0 Å². The highest BCUT2D eigenvalue weighted by molar-refractivity contribution is 5.31. The lowest BCUT2D eigenvalue weighted by Gasteiger charge is -2.02. The number of rotatable bonds is 2. The fraction of sp³-hybridized carbons (Fsp3) is 0.273. The number of hydrogen-bond donors (Lipinski definition) is 1. The van der Waals surface area contributed by atoms with Crippen molar-refractivity contribution in [3.63, 3.8) is 0 Å². The Bertz CT molecular complexity index is 476. The van der Waals surface area contributed by atoms with Crippen molar-refractivity contribution in [2.45, 2.75) is 20.3 Å². The minimum absolute atomic E-state index is 0.119. The second-order valence-corrected chi connectivity index (χ2v) is 3.64. The van der Waals surface area contributed by atoms with Gasteiger partial charge in [-0.15, -0.1) is 0 Å². The van der Waals surface area contributed by atoms with Crippen LogP contribution >= 0.6 is 0 Å². The van der Waals surface area contributed by atoms with Crippen LogP contribution in [0.25, 0.3) is 0 Å². The van der Waals surface area contributed by atoms with Crippen LogP contribution in [0.15, 0.2) is 22.7 Å². The summed E-state index contributed by atoms with van der Waals surface area (Å²) in [6.45, 7) is 4.18. The Morgan fingerprint density at radius 2 is 2.07 bits per heavy atom. The maximum Gasteiger partial charge on any atom is 0.318 e. The van der Waals surface area contributed by atoms with Crippen molar-refractivity contribution < 1.29 is 4.52 Å². The number of anilines is 1. The summed E-state index contributed by atoms with van der Waals surface area (Å²) in [5.74, 6) is 0.621. The molecule has 0 aliphatic rings. The van der Waals surface area contributed by atoms with Gasteiger partial charge < -0.3 is 10.3 Å². The zero-order valence-corrected chi connectivity index (χ0v) is 8.82. The summed E-state index contributed by atoms with van der Waals surface area (Å²) in [4.78, 5) is 3.96. The third kappa shape index (κ3) is 2.15. The summed E-state index contributed by atoms with van der Waals surface area (Å²) in [7, 11) is 0. The molecule has 0 aliphatic carbocycles. The lowest BCUT2D eigenvalue weighted by Crippen LogP contribution is -1.93. The summed E-state index contributed by atoms with van der Waals surface area (Å²) in [6.07, 6.45) is 0.655. The molecule has 2 N–H and O–H groups in total. The number of nitrogens with two attached hydrogens (primary N) is 1. The van der Waals surface area contributed by atoms with E-state index in [1.54, 1.807) is 0 Å². The van der Waals surface area contributed by atoms with Crippen LogP contribution in [-0.4, -0.2) is 10.1 Å². The number of aryl methyl sites for hydroxylation is 2. The molecule has 1 heterocycles. The highest BCUT2D eigenvalue weighted by Gasteiger charge is 2.04. The molecule has 0 bridgehead atoms. The quantitative estimate of drug-likeness (QED) is 0.809. The fourth-order valence-corrected chi connectivity index (χ4v) is 1.44. The van der Waals surface area contributed by atoms with E-state index in [0.29, 0.717) is 12.2 Å². The van der Waals surface area contributed by atoms with E-state index in [2.05, 4.69) is 42.2 Å². The average Bonchev–Trinajstić information content (AvgIpc) is 2.58. The molecule has 0 atom stereocenters. The molecule has 2 rings (SSSR count). The topological polar surface area (TPSA) is 64.9 Å². The minimum Gasteiger partial charge on any atom is -0.351 e. The Morgan fingerprint density at radius 3 is 2.67 bits per heavy atom. The van der Waals surface area contributed by atoms with E-state index in [1.165, 1.54) is 16.7 Å². The molecule has 1 aromatic heterocycles. The summed E-state index contributed by atoms with van der Waals surface area (Å²) >= 11 is 0. The van der Waals surface area contributed by atoms with Gasteiger partial charge in [0.05, 0.1) is 0 Å². The number of nitrogen functional groups attached to an aromatic ring is 1. The van der Waals surface area contributed by atoms with Gasteiger partial charge in [-0.05, 0) is 30.5 Å². The predicted octanol–water partition coefficient (Wildman–Crippen LogP) is 1.86. The number of hydrogen-bond acceptors (Lipinski definition) is 4. The Hall–Kier alpha value is -1.84. The van der Waals surface area contributed by atoms with E-state index in [9.17, 15) is 0 Å². The van der Waals surface area contributed by atoms with E-state index in [4.69, 9.17) is 10.3 Å². The van der Waals surface area contributed by atoms with E-state index in [0.717, 1.165) is 0 Å². The standard InChI is InChI=1S/C11H13N3O/c1-7-3-4-9(5-8(7)2)6-10-13-11(12)15-14-10/h3-5H,6H2,1-2H3,(H2,12,13,14). The van der Waals surface area contributed by atoms with Crippen LogP contribution in [0.4, 0.5) is 6.01 Å². The van der Waals surface area contributed by atoms with Gasteiger partial charge in [0.15, 0.2) is 5.82 Å². The first-order chi connectivity index (χ1) is 7.15. The normalized spacial score (nSPS) is 10.5. The first-order valence-electron chi connectivity index (χ1n) is 4.79. The molecule has 15 heavy (non-hydrogen) atoms. The van der Waals surface area contributed by atoms with Crippen LogP contribution < -0.4 is 5.73 Å². The summed E-state index contributed by atoms with van der Waals surface area (Å²) in [6, 6.07) is 6.40. The lowest BCUT2D eigenvalue weighted by molar-refractivity contribution is 0.428. The zero-order chi connectivity index (χ0) is 10.8. The van der Waals surface area contributed by atoms with Gasteiger partial charge in [-0.3, -0.25) is 0 Å². The molecule has 0 saturated heterocycles. The zero-order valence-electron chi connectivity index (χ0n) is 8.82. The highest BCUT2D eigenvalue weighted by atomic mass is 16.5. The Kier molecular flexibility index (Phi) is 2.41. The van der Waals surface area contributed by atoms with Gasteiger partial charge in [0.25, 0.3) is 0 Å². The van der Waals surface area contributed by atoms with Gasteiger partial charge in [-0.1, -0.05) is 23.4 Å². The van der Waals surface area contributed by atoms with Gasteiger partial charge in [-0.2, -0.15) is 4.98 Å². The monoisotopic (exact) mass is 203 g/mol. The molecular formula is C11H13N3O. The molecule has 0 amide bonds. The molecule has 0 saturated carbocycles. The van der Waals surface area contributed by atoms with Crippen molar-refractivity contribution in [3.8, 4) is 0 Å². The number of nitrogens with zero attached hydrogens (tertiary/aromatic N) is 2. The maximum atomic E-state index is 5.35. The second-order valence-electron chi connectivity index (χ2n) is 3.64. The van der Waals surface area contributed by atoms with E-state index in [1.807, 2.05) is 0 Å². The molecule has 0 aliphatic heterocycles. The van der Waals surface area contributed by atoms with Crippen LogP contribution in [0.5, 0.6) is 0 Å². The summed E-state index contributed by atoms with van der Waals surface area (Å²) in [5, 5.41) is 3.75. The van der Waals surface area contributed by atoms with Gasteiger partial charge in [0.1, 0.15) is 0 Å². The number of aromatic nitrogens is 2. The van der Waals surface area contributed by atoms with E-state index >= 15 is 0 Å². The summed E-state index contributed by atoms with van der Waals surface area (Å²) in [5.41, 5.74) is 9.06. The smallest absolute Gasteiger partial charge is 0.318 e. The third-order valence-corrected chi connectivity index (χ3v) is 2.42. The van der Waals surface area contributed by atoms with Crippen molar-refractivity contribution in [3.05, 3.63) is 40.7 Å². The molecule has 0 spiro atoms. The molecule has 78 valence electrons. The van der Waals surface area contributed by atoms with Crippen LogP contribution in [0, 0.1) is 13.8 Å². The molecule has 0 radical (unpaired) electrons. The molecule has 0 fully saturated rings. The fourth-order valence-electron chi connectivity index (χ4n) is 1.44. The van der Waals surface area contributed by atoms with E-state index < -0.39 is 0 Å². The van der Waals surface area contributed by atoms with Crippen LogP contribution in [-0.2, 0) is 6.42 Å². The Labute approximate surface area is 88.1 Å². The lowest BCUT2D eigenvalue weighted by atomic mass is 10.0. The molecule has 0 unspecified atom stereocenters. The molecule has 4 nitrogen and oxygen atoms in total. The molecule has 4 heteroatoms. The highest BCUT2D eigenvalue weighted by Crippen LogP contribution is 2.12. The van der Waals surface area contributed by atoms with Crippen molar-refractivity contribution in [2.75, 3.05) is 5.73 Å². The maximum absolute atomic E-state index is 5.35. The van der Waals surface area contributed by atoms with Gasteiger partial charge in [0.2, 0.25) is 0 Å². The van der Waals surface area contributed by atoms with Crippen molar-refractivity contribution in [1.82, 2.24) is 10.1 Å². The van der Waals surface area contributed by atoms with Crippen molar-refractivity contribution in [1.29, 1.82) is 0 Å². The predicted molar refractivity (Wildman–Crippen MR) is 57.4 cm³/mol. The van der Waals surface area contributed by atoms with Crippen molar-refractivity contribution >= 4 is 6.01 Å². The Balaban J connectivity index is 2.21. The minimum atomic E-state index is 0.119. The SMILES string of the molecule is Cc1ccc(Cc2noc(N)n2)cc1C. The average molecular weight is 203 g/mol. The molecule has 2 aromatic rings. The van der Waals surface area contributed by atoms with Crippen LogP contribution in [0.1, 0.15) is 22.5 Å². The van der Waals surface area contributed by atoms with Gasteiger partial charge in [0, 0.05) is 6.42 Å². The number of benzene rings is 1. The largest absolute Gasteiger partial charge is 0.351 e. The third-order valence-electron chi connectivity index (χ3n) is 2.42. The van der Waals surface area contributed by atoms with E-state index in [-0.39, 0.29) is 6.01 Å². The van der Waals surface area contributed by atoms with Crippen molar-refractivity contribution in [2.24, 2.45) is 0 Å². The van der Waals surface area contributed by atoms with Gasteiger partial charge >= 0.3 is 6.01 Å². The first-order valence-corrected chi connectivity index (χ1v) is 4.79. The van der Waals surface area contributed by atoms with Crippen LogP contribution in [0.3, 0.4) is 0 Å². The summed E-state index contributed by atoms with van der Waals surface area (Å²) < 4.78 is 4.71. The second kappa shape index (κ2) is 3.73. The first kappa shape index (κ1) is 9.71.